The lowest BCUT2D eigenvalue weighted by Crippen LogP contribution is -2.32. The lowest BCUT2D eigenvalue weighted by atomic mass is 9.89. The van der Waals surface area contributed by atoms with Crippen LogP contribution in [0.2, 0.25) is 0 Å². The summed E-state index contributed by atoms with van der Waals surface area (Å²) in [5, 5.41) is 1.87. The van der Waals surface area contributed by atoms with Gasteiger partial charge in [-0.15, -0.1) is 11.3 Å². The van der Waals surface area contributed by atoms with Crippen LogP contribution < -0.4 is 5.73 Å². The molecular formula is C13H20N2OS. The minimum atomic E-state index is 0.0723. The maximum Gasteiger partial charge on any atom is 0.265 e. The van der Waals surface area contributed by atoms with Crippen molar-refractivity contribution in [1.82, 2.24) is 4.90 Å². The summed E-state index contributed by atoms with van der Waals surface area (Å²) in [5.74, 6) is 0.752. The molecule has 1 aliphatic carbocycles. The van der Waals surface area contributed by atoms with Gasteiger partial charge in [0, 0.05) is 13.6 Å². The number of amides is 1. The highest BCUT2D eigenvalue weighted by molar-refractivity contribution is 7.12. The lowest BCUT2D eigenvalue weighted by molar-refractivity contribution is 0.0766. The molecule has 0 atom stereocenters. The predicted molar refractivity (Wildman–Crippen MR) is 72.3 cm³/mol. The summed E-state index contributed by atoms with van der Waals surface area (Å²) in [6.07, 6.45) is 6.50. The Hall–Kier alpha value is -1.03. The number of thiophene rings is 1. The van der Waals surface area contributed by atoms with Crippen molar-refractivity contribution in [1.29, 1.82) is 0 Å². The first-order valence-electron chi connectivity index (χ1n) is 6.27. The number of nitrogens with two attached hydrogens (primary N) is 1. The highest BCUT2D eigenvalue weighted by Gasteiger charge is 2.20. The van der Waals surface area contributed by atoms with E-state index in [1.165, 1.54) is 43.4 Å². The molecule has 1 aromatic heterocycles. The van der Waals surface area contributed by atoms with Crippen LogP contribution in [0.15, 0.2) is 11.4 Å². The van der Waals surface area contributed by atoms with Crippen LogP contribution in [0.5, 0.6) is 0 Å². The number of rotatable bonds is 3. The zero-order chi connectivity index (χ0) is 12.3. The molecule has 17 heavy (non-hydrogen) atoms. The average molecular weight is 252 g/mol. The van der Waals surface area contributed by atoms with Crippen LogP contribution in [0.4, 0.5) is 5.69 Å². The molecule has 1 aromatic rings. The molecular weight excluding hydrogens is 232 g/mol. The number of carbonyl (C=O) groups is 1. The molecule has 0 aliphatic heterocycles. The Morgan fingerprint density at radius 2 is 2.18 bits per heavy atom. The standard InChI is InChI=1S/C13H20N2OS/c1-15(9-10-5-3-2-4-6-10)13(16)12-11(14)7-8-17-12/h7-8,10H,2-6,9,14H2,1H3. The van der Waals surface area contributed by atoms with E-state index in [0.717, 1.165) is 6.54 Å². The third-order valence-corrected chi connectivity index (χ3v) is 4.41. The van der Waals surface area contributed by atoms with Gasteiger partial charge >= 0.3 is 0 Å². The summed E-state index contributed by atoms with van der Waals surface area (Å²) in [7, 11) is 1.89. The largest absolute Gasteiger partial charge is 0.397 e. The van der Waals surface area contributed by atoms with Gasteiger partial charge in [-0.25, -0.2) is 0 Å². The molecule has 0 radical (unpaired) electrons. The van der Waals surface area contributed by atoms with Gasteiger partial charge in [0.1, 0.15) is 4.88 Å². The number of hydrogen-bond acceptors (Lipinski definition) is 3. The monoisotopic (exact) mass is 252 g/mol. The Morgan fingerprint density at radius 1 is 1.47 bits per heavy atom. The van der Waals surface area contributed by atoms with Gasteiger partial charge < -0.3 is 10.6 Å². The van der Waals surface area contributed by atoms with Crippen LogP contribution in [-0.2, 0) is 0 Å². The van der Waals surface area contributed by atoms with Gasteiger partial charge in [-0.2, -0.15) is 0 Å². The Kier molecular flexibility index (Phi) is 4.05. The van der Waals surface area contributed by atoms with Crippen LogP contribution >= 0.6 is 11.3 Å². The number of anilines is 1. The zero-order valence-electron chi connectivity index (χ0n) is 10.3. The molecule has 2 N–H and O–H groups in total. The number of nitrogen functional groups attached to an aromatic ring is 1. The fourth-order valence-electron chi connectivity index (χ4n) is 2.51. The molecule has 2 rings (SSSR count). The summed E-state index contributed by atoms with van der Waals surface area (Å²) in [4.78, 5) is 14.7. The van der Waals surface area contributed by atoms with E-state index in [9.17, 15) is 4.79 Å². The Balaban J connectivity index is 1.93. The second-order valence-corrected chi connectivity index (χ2v) is 5.81. The summed E-state index contributed by atoms with van der Waals surface area (Å²) >= 11 is 1.43. The summed E-state index contributed by atoms with van der Waals surface area (Å²) < 4.78 is 0. The predicted octanol–water partition coefficient (Wildman–Crippen LogP) is 2.98. The highest BCUT2D eigenvalue weighted by Crippen LogP contribution is 2.26. The Morgan fingerprint density at radius 3 is 2.76 bits per heavy atom. The van der Waals surface area contributed by atoms with E-state index in [1.807, 2.05) is 17.3 Å². The second kappa shape index (κ2) is 5.54. The van der Waals surface area contributed by atoms with Crippen LogP contribution in [-0.4, -0.2) is 24.4 Å². The number of hydrogen-bond donors (Lipinski definition) is 1. The van der Waals surface area contributed by atoms with Crippen molar-refractivity contribution in [3.8, 4) is 0 Å². The van der Waals surface area contributed by atoms with Crippen molar-refractivity contribution in [2.24, 2.45) is 5.92 Å². The van der Waals surface area contributed by atoms with E-state index >= 15 is 0 Å². The first-order chi connectivity index (χ1) is 8.18. The van der Waals surface area contributed by atoms with Crippen molar-refractivity contribution in [2.45, 2.75) is 32.1 Å². The quantitative estimate of drug-likeness (QED) is 0.899. The lowest BCUT2D eigenvalue weighted by Gasteiger charge is -2.26. The molecule has 0 spiro atoms. The topological polar surface area (TPSA) is 46.3 Å². The summed E-state index contributed by atoms with van der Waals surface area (Å²) in [6, 6.07) is 1.80. The summed E-state index contributed by atoms with van der Waals surface area (Å²) in [5.41, 5.74) is 6.38. The maximum absolute atomic E-state index is 12.2. The maximum atomic E-state index is 12.2. The fraction of sp³-hybridized carbons (Fsp3) is 0.615. The van der Waals surface area contributed by atoms with Crippen molar-refractivity contribution in [3.05, 3.63) is 16.3 Å². The van der Waals surface area contributed by atoms with E-state index in [2.05, 4.69) is 0 Å². The first kappa shape index (κ1) is 12.4. The molecule has 0 saturated heterocycles. The van der Waals surface area contributed by atoms with E-state index in [-0.39, 0.29) is 5.91 Å². The molecule has 0 aromatic carbocycles. The SMILES string of the molecule is CN(CC1CCCCC1)C(=O)c1sccc1N. The van der Waals surface area contributed by atoms with Crippen LogP contribution in [0.3, 0.4) is 0 Å². The van der Waals surface area contributed by atoms with Crippen molar-refractivity contribution >= 4 is 22.9 Å². The highest BCUT2D eigenvalue weighted by atomic mass is 32.1. The van der Waals surface area contributed by atoms with E-state index in [4.69, 9.17) is 5.73 Å². The Labute approximate surface area is 107 Å². The molecule has 1 saturated carbocycles. The van der Waals surface area contributed by atoms with Gasteiger partial charge in [0.2, 0.25) is 0 Å². The van der Waals surface area contributed by atoms with Gasteiger partial charge in [-0.3, -0.25) is 4.79 Å². The zero-order valence-corrected chi connectivity index (χ0v) is 11.1. The second-order valence-electron chi connectivity index (χ2n) is 4.89. The van der Waals surface area contributed by atoms with Crippen molar-refractivity contribution < 1.29 is 4.79 Å². The first-order valence-corrected chi connectivity index (χ1v) is 7.15. The smallest absolute Gasteiger partial charge is 0.265 e. The molecule has 1 aliphatic rings. The minimum Gasteiger partial charge on any atom is -0.397 e. The normalized spacial score (nSPS) is 17.0. The molecule has 1 heterocycles. The fourth-order valence-corrected chi connectivity index (χ4v) is 3.32. The third-order valence-electron chi connectivity index (χ3n) is 3.49. The minimum absolute atomic E-state index is 0.0723. The van der Waals surface area contributed by atoms with Crippen LogP contribution in [0, 0.1) is 5.92 Å². The van der Waals surface area contributed by atoms with E-state index in [1.54, 1.807) is 6.07 Å². The van der Waals surface area contributed by atoms with E-state index in [0.29, 0.717) is 16.5 Å². The average Bonchev–Trinajstić information content (AvgIpc) is 2.76. The van der Waals surface area contributed by atoms with Gasteiger partial charge in [0.25, 0.3) is 5.91 Å². The number of carbonyl (C=O) groups excluding carboxylic acids is 1. The van der Waals surface area contributed by atoms with Gasteiger partial charge in [-0.05, 0) is 30.2 Å². The van der Waals surface area contributed by atoms with Gasteiger partial charge in [-0.1, -0.05) is 19.3 Å². The molecule has 0 unspecified atom stereocenters. The molecule has 4 heteroatoms. The van der Waals surface area contributed by atoms with Crippen molar-refractivity contribution in [3.63, 3.8) is 0 Å². The Bertz CT molecular complexity index is 383. The molecule has 3 nitrogen and oxygen atoms in total. The van der Waals surface area contributed by atoms with Crippen molar-refractivity contribution in [2.75, 3.05) is 19.3 Å². The van der Waals surface area contributed by atoms with E-state index < -0.39 is 0 Å². The van der Waals surface area contributed by atoms with Crippen LogP contribution in [0.25, 0.3) is 0 Å². The van der Waals surface area contributed by atoms with Crippen LogP contribution in [0.1, 0.15) is 41.8 Å². The number of nitrogens with zero attached hydrogens (tertiary/aromatic N) is 1. The molecule has 1 amide bonds. The molecule has 94 valence electrons. The molecule has 1 fully saturated rings. The third kappa shape index (κ3) is 3.00. The molecule has 0 bridgehead atoms. The van der Waals surface area contributed by atoms with Gasteiger partial charge in [0.05, 0.1) is 5.69 Å². The van der Waals surface area contributed by atoms with Gasteiger partial charge in [0.15, 0.2) is 0 Å². The summed E-state index contributed by atoms with van der Waals surface area (Å²) in [6.45, 7) is 0.871.